The first-order chi connectivity index (χ1) is 10.3. The molecule has 0 spiro atoms. The first-order valence-corrected chi connectivity index (χ1v) is 6.37. The zero-order chi connectivity index (χ0) is 16.1. The lowest BCUT2D eigenvalue weighted by molar-refractivity contribution is -0.137. The summed E-state index contributed by atoms with van der Waals surface area (Å²) in [4.78, 5) is 0. The summed E-state index contributed by atoms with van der Waals surface area (Å²) in [7, 11) is 0. The third-order valence-electron chi connectivity index (χ3n) is 3.59. The number of hydrogen-bond donors (Lipinski definition) is 1. The Kier molecular flexibility index (Phi) is 3.30. The van der Waals surface area contributed by atoms with Crippen LogP contribution in [0.25, 0.3) is 0 Å². The van der Waals surface area contributed by atoms with E-state index in [2.05, 4.69) is 5.32 Å². The molecule has 1 N–H and O–H groups in total. The minimum absolute atomic E-state index is 0.129. The Morgan fingerprint density at radius 1 is 0.955 bits per heavy atom. The SMILES string of the molecule is Fc1cc(C2Cc3cc(C(F)(F)F)ccc3N2)cc(F)c1F. The first-order valence-electron chi connectivity index (χ1n) is 6.37. The summed E-state index contributed by atoms with van der Waals surface area (Å²) in [6.07, 6.45) is -4.33. The number of hydrogen-bond acceptors (Lipinski definition) is 1. The molecule has 0 aliphatic carbocycles. The van der Waals surface area contributed by atoms with Crippen LogP contribution in [0.4, 0.5) is 32.0 Å². The fourth-order valence-electron chi connectivity index (χ4n) is 2.52. The van der Waals surface area contributed by atoms with Gasteiger partial charge in [-0.1, -0.05) is 0 Å². The van der Waals surface area contributed by atoms with E-state index in [0.717, 1.165) is 24.3 Å². The molecule has 116 valence electrons. The second-order valence-electron chi connectivity index (χ2n) is 5.07. The van der Waals surface area contributed by atoms with Crippen LogP contribution in [0.5, 0.6) is 0 Å². The van der Waals surface area contributed by atoms with Gasteiger partial charge in [0, 0.05) is 5.69 Å². The van der Waals surface area contributed by atoms with Gasteiger partial charge in [0.25, 0.3) is 0 Å². The predicted molar refractivity (Wildman–Crippen MR) is 67.8 cm³/mol. The zero-order valence-corrected chi connectivity index (χ0v) is 10.9. The highest BCUT2D eigenvalue weighted by Crippen LogP contribution is 2.38. The van der Waals surface area contributed by atoms with E-state index in [1.54, 1.807) is 0 Å². The number of benzene rings is 2. The van der Waals surface area contributed by atoms with Crippen molar-refractivity contribution in [2.75, 3.05) is 5.32 Å². The highest BCUT2D eigenvalue weighted by Gasteiger charge is 2.33. The van der Waals surface area contributed by atoms with Gasteiger partial charge in [0.2, 0.25) is 0 Å². The minimum Gasteiger partial charge on any atom is -0.378 e. The topological polar surface area (TPSA) is 12.0 Å². The van der Waals surface area contributed by atoms with Gasteiger partial charge in [-0.25, -0.2) is 13.2 Å². The third-order valence-corrected chi connectivity index (χ3v) is 3.59. The van der Waals surface area contributed by atoms with Gasteiger partial charge < -0.3 is 5.32 Å². The number of halogens is 6. The third kappa shape index (κ3) is 2.51. The van der Waals surface area contributed by atoms with E-state index in [1.807, 2.05) is 0 Å². The molecule has 0 saturated heterocycles. The second-order valence-corrected chi connectivity index (χ2v) is 5.07. The van der Waals surface area contributed by atoms with Crippen LogP contribution in [-0.2, 0) is 12.6 Å². The summed E-state index contributed by atoms with van der Waals surface area (Å²) >= 11 is 0. The fraction of sp³-hybridized carbons (Fsp3) is 0.200. The molecule has 1 atom stereocenters. The van der Waals surface area contributed by atoms with Gasteiger partial charge in [-0.2, -0.15) is 13.2 Å². The Morgan fingerprint density at radius 2 is 1.59 bits per heavy atom. The summed E-state index contributed by atoms with van der Waals surface area (Å²) in [5, 5.41) is 2.88. The largest absolute Gasteiger partial charge is 0.416 e. The van der Waals surface area contributed by atoms with E-state index >= 15 is 0 Å². The molecule has 1 aliphatic rings. The Balaban J connectivity index is 1.92. The van der Waals surface area contributed by atoms with E-state index in [1.165, 1.54) is 6.07 Å². The monoisotopic (exact) mass is 317 g/mol. The normalized spacial score (nSPS) is 17.3. The van der Waals surface area contributed by atoms with Gasteiger partial charge in [-0.15, -0.1) is 0 Å². The van der Waals surface area contributed by atoms with Crippen molar-refractivity contribution in [3.8, 4) is 0 Å². The molecule has 1 unspecified atom stereocenters. The Bertz CT molecular complexity index is 714. The molecular weight excluding hydrogens is 308 g/mol. The van der Waals surface area contributed by atoms with Gasteiger partial charge in [-0.05, 0) is 47.9 Å². The summed E-state index contributed by atoms with van der Waals surface area (Å²) in [6, 6.07) is 4.27. The Labute approximate surface area is 121 Å². The molecule has 0 amide bonds. The minimum atomic E-state index is -4.46. The summed E-state index contributed by atoms with van der Waals surface area (Å²) in [6.45, 7) is 0. The van der Waals surface area contributed by atoms with Crippen LogP contribution in [0.15, 0.2) is 30.3 Å². The number of nitrogens with one attached hydrogen (secondary N) is 1. The molecule has 0 fully saturated rings. The van der Waals surface area contributed by atoms with Crippen LogP contribution in [0.2, 0.25) is 0 Å². The van der Waals surface area contributed by atoms with Crippen LogP contribution in [0.1, 0.15) is 22.7 Å². The molecule has 3 rings (SSSR count). The van der Waals surface area contributed by atoms with Crippen molar-refractivity contribution >= 4 is 5.69 Å². The molecule has 22 heavy (non-hydrogen) atoms. The molecule has 0 radical (unpaired) electrons. The summed E-state index contributed by atoms with van der Waals surface area (Å²) in [5.74, 6) is -4.23. The van der Waals surface area contributed by atoms with Crippen LogP contribution < -0.4 is 5.32 Å². The number of rotatable bonds is 1. The molecule has 7 heteroatoms. The first kappa shape index (κ1) is 14.7. The summed E-state index contributed by atoms with van der Waals surface area (Å²) < 4.78 is 77.4. The van der Waals surface area contributed by atoms with Crippen molar-refractivity contribution in [1.82, 2.24) is 0 Å². The molecular formula is C15H9F6N. The molecule has 0 aromatic heterocycles. The van der Waals surface area contributed by atoms with Gasteiger partial charge >= 0.3 is 6.18 Å². The quantitative estimate of drug-likeness (QED) is 0.587. The predicted octanol–water partition coefficient (Wildman–Crippen LogP) is 4.83. The maximum Gasteiger partial charge on any atom is 0.416 e. The van der Waals surface area contributed by atoms with Crippen molar-refractivity contribution < 1.29 is 26.3 Å². The van der Waals surface area contributed by atoms with Crippen molar-refractivity contribution in [2.45, 2.75) is 18.6 Å². The van der Waals surface area contributed by atoms with Gasteiger partial charge in [0.15, 0.2) is 17.5 Å². The van der Waals surface area contributed by atoms with Gasteiger partial charge in [0.05, 0.1) is 11.6 Å². The lowest BCUT2D eigenvalue weighted by Crippen LogP contribution is -2.07. The van der Waals surface area contributed by atoms with Crippen LogP contribution in [0.3, 0.4) is 0 Å². The highest BCUT2D eigenvalue weighted by molar-refractivity contribution is 5.59. The average molecular weight is 317 g/mol. The number of fused-ring (bicyclic) bond motifs is 1. The maximum absolute atomic E-state index is 13.3. The van der Waals surface area contributed by atoms with Crippen molar-refractivity contribution in [2.24, 2.45) is 0 Å². The molecule has 0 saturated carbocycles. The van der Waals surface area contributed by atoms with Gasteiger partial charge in [0.1, 0.15) is 0 Å². The zero-order valence-electron chi connectivity index (χ0n) is 10.9. The van der Waals surface area contributed by atoms with E-state index in [4.69, 9.17) is 0 Å². The molecule has 1 aliphatic heterocycles. The van der Waals surface area contributed by atoms with Crippen molar-refractivity contribution in [1.29, 1.82) is 0 Å². The highest BCUT2D eigenvalue weighted by atomic mass is 19.4. The average Bonchev–Trinajstić information content (AvgIpc) is 2.86. The maximum atomic E-state index is 13.3. The molecule has 2 aromatic carbocycles. The van der Waals surface area contributed by atoms with E-state index in [0.29, 0.717) is 11.3 Å². The van der Waals surface area contributed by atoms with Crippen molar-refractivity contribution in [3.05, 3.63) is 64.5 Å². The molecule has 0 bridgehead atoms. The van der Waals surface area contributed by atoms with Crippen LogP contribution >= 0.6 is 0 Å². The number of anilines is 1. The molecule has 1 heterocycles. The smallest absolute Gasteiger partial charge is 0.378 e. The van der Waals surface area contributed by atoms with Crippen LogP contribution in [-0.4, -0.2) is 0 Å². The lowest BCUT2D eigenvalue weighted by Gasteiger charge is -2.12. The molecule has 2 aromatic rings. The van der Waals surface area contributed by atoms with Gasteiger partial charge in [-0.3, -0.25) is 0 Å². The molecule has 1 nitrogen and oxygen atoms in total. The van der Waals surface area contributed by atoms with Crippen molar-refractivity contribution in [3.63, 3.8) is 0 Å². The fourth-order valence-corrected chi connectivity index (χ4v) is 2.52. The van der Waals surface area contributed by atoms with E-state index in [9.17, 15) is 26.3 Å². The van der Waals surface area contributed by atoms with Crippen LogP contribution in [0, 0.1) is 17.5 Å². The Morgan fingerprint density at radius 3 is 2.18 bits per heavy atom. The second kappa shape index (κ2) is 4.93. The summed E-state index contributed by atoms with van der Waals surface area (Å²) in [5.41, 5.74) is 0.208. The van der Waals surface area contributed by atoms with E-state index < -0.39 is 35.2 Å². The Hall–Kier alpha value is -2.18. The lowest BCUT2D eigenvalue weighted by atomic mass is 10.0. The number of alkyl halides is 3. The standard InChI is InChI=1S/C15H9F6N/c16-10-4-8(5-11(17)14(10)18)13-6-7-3-9(15(19,20)21)1-2-12(7)22-13/h1-5,13,22H,6H2. The van der Waals surface area contributed by atoms with E-state index in [-0.39, 0.29) is 12.0 Å².